The average Bonchev–Trinajstić information content (AvgIpc) is 2.64. The summed E-state index contributed by atoms with van der Waals surface area (Å²) in [4.78, 5) is 24.0. The summed E-state index contributed by atoms with van der Waals surface area (Å²) >= 11 is 0. The molecular formula is C18H22FN5O2. The van der Waals surface area contributed by atoms with Crippen LogP contribution >= 0.6 is 0 Å². The molecule has 138 valence electrons. The van der Waals surface area contributed by atoms with E-state index in [1.807, 2.05) is 17.9 Å². The van der Waals surface area contributed by atoms with Gasteiger partial charge in [-0.15, -0.1) is 0 Å². The van der Waals surface area contributed by atoms with E-state index < -0.39 is 0 Å². The van der Waals surface area contributed by atoms with Gasteiger partial charge in [0.15, 0.2) is 0 Å². The fraction of sp³-hybridized carbons (Fsp3) is 0.389. The summed E-state index contributed by atoms with van der Waals surface area (Å²) in [5, 5.41) is 3.20. The molecule has 2 aromatic rings. The Morgan fingerprint density at radius 1 is 1.27 bits per heavy atom. The maximum absolute atomic E-state index is 12.9. The molecule has 3 rings (SSSR count). The van der Waals surface area contributed by atoms with E-state index in [2.05, 4.69) is 15.3 Å². The van der Waals surface area contributed by atoms with Crippen LogP contribution in [-0.4, -0.2) is 60.1 Å². The number of benzene rings is 1. The van der Waals surface area contributed by atoms with Gasteiger partial charge in [0, 0.05) is 26.2 Å². The molecule has 8 heteroatoms. The van der Waals surface area contributed by atoms with Crippen LogP contribution in [0.2, 0.25) is 0 Å². The van der Waals surface area contributed by atoms with Crippen molar-refractivity contribution < 1.29 is 13.9 Å². The normalized spacial score (nSPS) is 15.7. The first-order valence-corrected chi connectivity index (χ1v) is 8.48. The number of aromatic nitrogens is 2. The van der Waals surface area contributed by atoms with Crippen molar-refractivity contribution in [3.05, 3.63) is 42.5 Å². The summed E-state index contributed by atoms with van der Waals surface area (Å²) < 4.78 is 18.7. The lowest BCUT2D eigenvalue weighted by Crippen LogP contribution is -2.48. The van der Waals surface area contributed by atoms with E-state index in [1.54, 1.807) is 24.1 Å². The number of ether oxygens (including phenoxy) is 1. The van der Waals surface area contributed by atoms with Crippen LogP contribution in [0.15, 0.2) is 36.7 Å². The number of carbonyl (C=O) groups is 1. The Hall–Kier alpha value is -2.90. The minimum Gasteiger partial charge on any atom is -0.489 e. The summed E-state index contributed by atoms with van der Waals surface area (Å²) in [5.41, 5.74) is 0. The Morgan fingerprint density at radius 3 is 2.77 bits per heavy atom. The number of anilines is 2. The Labute approximate surface area is 151 Å². The number of hydrogen-bond donors (Lipinski definition) is 1. The molecule has 0 spiro atoms. The third-order valence-corrected chi connectivity index (χ3v) is 4.16. The maximum Gasteiger partial charge on any atom is 0.241 e. The molecule has 1 saturated heterocycles. The zero-order chi connectivity index (χ0) is 18.5. The molecule has 7 nitrogen and oxygen atoms in total. The van der Waals surface area contributed by atoms with Gasteiger partial charge in [0.05, 0.1) is 13.1 Å². The number of nitrogens with one attached hydrogen (secondary N) is 1. The number of nitrogens with zero attached hydrogens (tertiary/aromatic N) is 4. The number of piperazine rings is 1. The molecule has 1 atom stereocenters. The molecule has 26 heavy (non-hydrogen) atoms. The van der Waals surface area contributed by atoms with Gasteiger partial charge in [-0.25, -0.2) is 14.4 Å². The smallest absolute Gasteiger partial charge is 0.241 e. The van der Waals surface area contributed by atoms with Crippen LogP contribution in [-0.2, 0) is 4.79 Å². The number of likely N-dealkylation sites (N-methyl/N-ethyl adjacent to an activating group) is 1. The number of hydrogen-bond acceptors (Lipinski definition) is 6. The van der Waals surface area contributed by atoms with E-state index in [-0.39, 0.29) is 17.8 Å². The zero-order valence-electron chi connectivity index (χ0n) is 14.9. The Bertz CT molecular complexity index is 756. The van der Waals surface area contributed by atoms with Crippen LogP contribution in [0.5, 0.6) is 5.75 Å². The molecular weight excluding hydrogens is 337 g/mol. The molecule has 0 aliphatic carbocycles. The van der Waals surface area contributed by atoms with Crippen LogP contribution in [0.4, 0.5) is 16.0 Å². The van der Waals surface area contributed by atoms with Crippen molar-refractivity contribution >= 4 is 17.5 Å². The monoisotopic (exact) mass is 359 g/mol. The van der Waals surface area contributed by atoms with Crippen LogP contribution < -0.4 is 15.0 Å². The summed E-state index contributed by atoms with van der Waals surface area (Å²) in [5.74, 6) is 1.77. The highest BCUT2D eigenvalue weighted by Gasteiger charge is 2.22. The number of amides is 1. The van der Waals surface area contributed by atoms with Crippen molar-refractivity contribution in [1.82, 2.24) is 14.9 Å². The molecule has 1 amide bonds. The molecule has 1 aliphatic heterocycles. The highest BCUT2D eigenvalue weighted by atomic mass is 19.1. The zero-order valence-corrected chi connectivity index (χ0v) is 14.9. The minimum absolute atomic E-state index is 0.0747. The predicted molar refractivity (Wildman–Crippen MR) is 96.9 cm³/mol. The lowest BCUT2D eigenvalue weighted by molar-refractivity contribution is -0.129. The van der Waals surface area contributed by atoms with Gasteiger partial charge in [-0.05, 0) is 31.2 Å². The SMILES string of the molecule is CC(CNc1cc(N2CCN(C)C(=O)C2)ncn1)Oc1ccc(F)cc1. The first kappa shape index (κ1) is 17.9. The third-order valence-electron chi connectivity index (χ3n) is 4.16. The average molecular weight is 359 g/mol. The second kappa shape index (κ2) is 7.99. The van der Waals surface area contributed by atoms with Crippen molar-refractivity contribution in [2.24, 2.45) is 0 Å². The topological polar surface area (TPSA) is 70.6 Å². The quantitative estimate of drug-likeness (QED) is 0.848. The van der Waals surface area contributed by atoms with Gasteiger partial charge in [-0.1, -0.05) is 0 Å². The van der Waals surface area contributed by atoms with Crippen LogP contribution in [0.1, 0.15) is 6.92 Å². The van der Waals surface area contributed by atoms with Gasteiger partial charge in [-0.3, -0.25) is 4.79 Å². The summed E-state index contributed by atoms with van der Waals surface area (Å²) in [7, 11) is 1.80. The Morgan fingerprint density at radius 2 is 2.04 bits per heavy atom. The Kier molecular flexibility index (Phi) is 5.50. The van der Waals surface area contributed by atoms with Gasteiger partial charge < -0.3 is 19.9 Å². The second-order valence-corrected chi connectivity index (χ2v) is 6.26. The molecule has 1 N–H and O–H groups in total. The molecule has 1 aromatic carbocycles. The highest BCUT2D eigenvalue weighted by Crippen LogP contribution is 2.17. The summed E-state index contributed by atoms with van der Waals surface area (Å²) in [6, 6.07) is 7.74. The largest absolute Gasteiger partial charge is 0.489 e. The molecule has 0 saturated carbocycles. The standard InChI is InChI=1S/C18H22FN5O2/c1-13(26-15-5-3-14(19)4-6-15)10-20-16-9-17(22-12-21-16)24-8-7-23(2)18(25)11-24/h3-6,9,12-13H,7-8,10-11H2,1-2H3,(H,20,21,22). The van der Waals surface area contributed by atoms with Crippen molar-refractivity contribution in [2.45, 2.75) is 13.0 Å². The van der Waals surface area contributed by atoms with Gasteiger partial charge in [-0.2, -0.15) is 0 Å². The first-order valence-electron chi connectivity index (χ1n) is 8.48. The predicted octanol–water partition coefficient (Wildman–Crippen LogP) is 1.77. The molecule has 0 radical (unpaired) electrons. The van der Waals surface area contributed by atoms with Gasteiger partial charge >= 0.3 is 0 Å². The van der Waals surface area contributed by atoms with E-state index in [4.69, 9.17) is 4.74 Å². The summed E-state index contributed by atoms with van der Waals surface area (Å²) in [6.45, 7) is 4.17. The van der Waals surface area contributed by atoms with E-state index in [0.717, 1.165) is 12.4 Å². The van der Waals surface area contributed by atoms with Crippen molar-refractivity contribution in [1.29, 1.82) is 0 Å². The molecule has 1 fully saturated rings. The van der Waals surface area contributed by atoms with Crippen LogP contribution in [0.3, 0.4) is 0 Å². The first-order chi connectivity index (χ1) is 12.5. The van der Waals surface area contributed by atoms with Crippen LogP contribution in [0.25, 0.3) is 0 Å². The van der Waals surface area contributed by atoms with E-state index in [0.29, 0.717) is 31.2 Å². The fourth-order valence-corrected chi connectivity index (χ4v) is 2.61. The van der Waals surface area contributed by atoms with Crippen LogP contribution in [0, 0.1) is 5.82 Å². The summed E-state index contributed by atoms with van der Waals surface area (Å²) in [6.07, 6.45) is 1.34. The third kappa shape index (κ3) is 4.59. The van der Waals surface area contributed by atoms with Crippen molar-refractivity contribution in [3.8, 4) is 5.75 Å². The molecule has 1 unspecified atom stereocenters. The Balaban J connectivity index is 1.55. The lowest BCUT2D eigenvalue weighted by atomic mass is 10.3. The van der Waals surface area contributed by atoms with Gasteiger partial charge in [0.2, 0.25) is 5.91 Å². The molecule has 1 aliphatic rings. The van der Waals surface area contributed by atoms with E-state index >= 15 is 0 Å². The maximum atomic E-state index is 12.9. The number of rotatable bonds is 6. The number of carbonyl (C=O) groups excluding carboxylic acids is 1. The van der Waals surface area contributed by atoms with E-state index in [1.165, 1.54) is 18.5 Å². The molecule has 2 heterocycles. The second-order valence-electron chi connectivity index (χ2n) is 6.26. The highest BCUT2D eigenvalue weighted by molar-refractivity contribution is 5.82. The van der Waals surface area contributed by atoms with Crippen molar-refractivity contribution in [3.63, 3.8) is 0 Å². The number of halogens is 1. The van der Waals surface area contributed by atoms with Gasteiger partial charge in [0.1, 0.15) is 35.6 Å². The van der Waals surface area contributed by atoms with Crippen molar-refractivity contribution in [2.75, 3.05) is 43.4 Å². The van der Waals surface area contributed by atoms with E-state index in [9.17, 15) is 9.18 Å². The fourth-order valence-electron chi connectivity index (χ4n) is 2.61. The van der Waals surface area contributed by atoms with Gasteiger partial charge in [0.25, 0.3) is 0 Å². The molecule has 0 bridgehead atoms. The minimum atomic E-state index is -0.293. The lowest BCUT2D eigenvalue weighted by Gasteiger charge is -2.32. The molecule has 1 aromatic heterocycles.